The molecule has 0 atom stereocenters. The SMILES string of the molecule is CN(N=O)C(=O)NCCNC(=O)CCn1c2ccccc2c2cc(N)[n+](C)cc21. The lowest BCUT2D eigenvalue weighted by Crippen LogP contribution is -2.39. The van der Waals surface area contributed by atoms with Crippen molar-refractivity contribution in [1.29, 1.82) is 0 Å². The number of fused-ring (bicyclic) bond motifs is 3. The van der Waals surface area contributed by atoms with Gasteiger partial charge in [0.2, 0.25) is 5.91 Å². The molecule has 3 amide bonds. The second-order valence-corrected chi connectivity index (χ2v) is 6.71. The van der Waals surface area contributed by atoms with E-state index < -0.39 is 6.03 Å². The van der Waals surface area contributed by atoms with Crippen LogP contribution in [-0.2, 0) is 18.4 Å². The summed E-state index contributed by atoms with van der Waals surface area (Å²) in [6, 6.07) is 9.34. The number of hydrogen-bond acceptors (Lipinski definition) is 5. The Bertz CT molecular complexity index is 1080. The molecule has 0 fully saturated rings. The van der Waals surface area contributed by atoms with Gasteiger partial charge in [-0.05, 0) is 6.07 Å². The predicted octanol–water partition coefficient (Wildman–Crippen LogP) is 1.03. The fourth-order valence-corrected chi connectivity index (χ4v) is 3.21. The smallest absolute Gasteiger partial charge is 0.340 e. The summed E-state index contributed by atoms with van der Waals surface area (Å²) in [6.45, 7) is 0.967. The average molecular weight is 398 g/mol. The first-order chi connectivity index (χ1) is 13.9. The molecule has 1 aromatic carbocycles. The number of benzene rings is 1. The van der Waals surface area contributed by atoms with Gasteiger partial charge in [0.1, 0.15) is 6.20 Å². The molecule has 3 aromatic rings. The van der Waals surface area contributed by atoms with Crippen LogP contribution in [0.25, 0.3) is 21.8 Å². The number of nitrogens with zero attached hydrogens (tertiary/aromatic N) is 4. The first-order valence-corrected chi connectivity index (χ1v) is 9.20. The van der Waals surface area contributed by atoms with Crippen LogP contribution in [0.3, 0.4) is 0 Å². The third kappa shape index (κ3) is 4.26. The molecular formula is C19H24N7O3+. The molecule has 0 bridgehead atoms. The number of hydrogen-bond donors (Lipinski definition) is 3. The molecule has 0 aliphatic carbocycles. The van der Waals surface area contributed by atoms with E-state index >= 15 is 0 Å². The van der Waals surface area contributed by atoms with E-state index in [-0.39, 0.29) is 25.4 Å². The maximum Gasteiger partial charge on any atom is 0.340 e. The van der Waals surface area contributed by atoms with Crippen LogP contribution < -0.4 is 20.9 Å². The zero-order valence-electron chi connectivity index (χ0n) is 16.4. The summed E-state index contributed by atoms with van der Waals surface area (Å²) in [5, 5.41) is 10.5. The Morgan fingerprint density at radius 2 is 1.90 bits per heavy atom. The van der Waals surface area contributed by atoms with Crippen LogP contribution in [0.2, 0.25) is 0 Å². The van der Waals surface area contributed by atoms with E-state index in [0.717, 1.165) is 21.8 Å². The van der Waals surface area contributed by atoms with Crippen molar-refractivity contribution in [2.24, 2.45) is 12.3 Å². The van der Waals surface area contributed by atoms with Gasteiger partial charge in [0, 0.05) is 55.5 Å². The minimum atomic E-state index is -0.619. The number of urea groups is 1. The highest BCUT2D eigenvalue weighted by atomic mass is 16.3. The number of aryl methyl sites for hydroxylation is 2. The number of aromatic nitrogens is 2. The monoisotopic (exact) mass is 398 g/mol. The first kappa shape index (κ1) is 20.1. The fourth-order valence-electron chi connectivity index (χ4n) is 3.21. The largest absolute Gasteiger partial charge is 0.354 e. The number of rotatable bonds is 7. The third-order valence-corrected chi connectivity index (χ3v) is 4.77. The van der Waals surface area contributed by atoms with E-state index in [1.54, 1.807) is 0 Å². The Morgan fingerprint density at radius 3 is 2.66 bits per heavy atom. The molecule has 0 saturated carbocycles. The molecule has 0 spiro atoms. The molecule has 10 nitrogen and oxygen atoms in total. The second kappa shape index (κ2) is 8.55. The molecule has 0 radical (unpaired) electrons. The maximum atomic E-state index is 12.2. The lowest BCUT2D eigenvalue weighted by molar-refractivity contribution is -0.655. The summed E-state index contributed by atoms with van der Waals surface area (Å²) >= 11 is 0. The zero-order valence-corrected chi connectivity index (χ0v) is 16.4. The van der Waals surface area contributed by atoms with Crippen LogP contribution in [-0.4, -0.2) is 41.7 Å². The number of nitrogens with one attached hydrogen (secondary N) is 2. The van der Waals surface area contributed by atoms with E-state index in [0.29, 0.717) is 17.4 Å². The van der Waals surface area contributed by atoms with Crippen LogP contribution in [0.15, 0.2) is 41.8 Å². The molecule has 29 heavy (non-hydrogen) atoms. The van der Waals surface area contributed by atoms with Crippen molar-refractivity contribution in [3.8, 4) is 0 Å². The Kier molecular flexibility index (Phi) is 5.91. The normalized spacial score (nSPS) is 10.8. The number of pyridine rings is 1. The molecule has 0 aliphatic rings. The van der Waals surface area contributed by atoms with Gasteiger partial charge in [0.25, 0.3) is 5.82 Å². The molecule has 0 unspecified atom stereocenters. The van der Waals surface area contributed by atoms with Gasteiger partial charge in [-0.25, -0.2) is 9.36 Å². The van der Waals surface area contributed by atoms with E-state index in [9.17, 15) is 14.5 Å². The van der Waals surface area contributed by atoms with Crippen molar-refractivity contribution >= 4 is 39.6 Å². The number of carbonyl (C=O) groups is 2. The molecule has 0 aliphatic heterocycles. The summed E-state index contributed by atoms with van der Waals surface area (Å²) in [4.78, 5) is 33.9. The number of nitrogens with two attached hydrogens (primary N) is 1. The summed E-state index contributed by atoms with van der Waals surface area (Å²) < 4.78 is 3.96. The summed E-state index contributed by atoms with van der Waals surface area (Å²) in [6.07, 6.45) is 2.25. The van der Waals surface area contributed by atoms with Crippen molar-refractivity contribution in [2.45, 2.75) is 13.0 Å². The molecule has 0 saturated heterocycles. The fraction of sp³-hybridized carbons (Fsp3) is 0.316. The van der Waals surface area contributed by atoms with Gasteiger partial charge in [-0.2, -0.15) is 5.01 Å². The number of anilines is 1. The first-order valence-electron chi connectivity index (χ1n) is 9.20. The Hall–Kier alpha value is -3.69. The molecule has 4 N–H and O–H groups in total. The zero-order chi connectivity index (χ0) is 21.0. The van der Waals surface area contributed by atoms with Gasteiger partial charge in [0.15, 0.2) is 0 Å². The van der Waals surface area contributed by atoms with Crippen molar-refractivity contribution in [3.05, 3.63) is 41.4 Å². The molecular weight excluding hydrogens is 374 g/mol. The van der Waals surface area contributed by atoms with Crippen molar-refractivity contribution in [1.82, 2.24) is 20.2 Å². The van der Waals surface area contributed by atoms with Gasteiger partial charge in [-0.1, -0.05) is 18.2 Å². The molecule has 152 valence electrons. The number of nitrogen functional groups attached to an aromatic ring is 1. The number of para-hydroxylation sites is 1. The Morgan fingerprint density at radius 1 is 1.17 bits per heavy atom. The van der Waals surface area contributed by atoms with E-state index in [1.165, 1.54) is 7.05 Å². The summed E-state index contributed by atoms with van der Waals surface area (Å²) in [5.41, 5.74) is 8.10. The standard InChI is InChI=1S/C19H23N7O3/c1-24-12-16-14(11-17(24)20)13-5-3-4-6-15(13)26(16)10-7-18(27)21-8-9-22-19(28)25(2)23-29/h3-6,11-12,20H,7-10H2,1-2H3,(H2,21,22,27,28)/p+1. The Balaban J connectivity index is 1.66. The van der Waals surface area contributed by atoms with Crippen molar-refractivity contribution in [2.75, 3.05) is 25.9 Å². The van der Waals surface area contributed by atoms with Crippen LogP contribution >= 0.6 is 0 Å². The molecule has 10 heteroatoms. The van der Waals surface area contributed by atoms with Gasteiger partial charge in [-0.15, -0.1) is 4.91 Å². The quantitative estimate of drug-likeness (QED) is 0.238. The lowest BCUT2D eigenvalue weighted by Gasteiger charge is -2.10. The summed E-state index contributed by atoms with van der Waals surface area (Å²) in [5.74, 6) is 0.530. The number of amides is 3. The van der Waals surface area contributed by atoms with Crippen LogP contribution in [0, 0.1) is 4.91 Å². The highest BCUT2D eigenvalue weighted by Crippen LogP contribution is 2.29. The third-order valence-electron chi connectivity index (χ3n) is 4.77. The predicted molar refractivity (Wildman–Crippen MR) is 110 cm³/mol. The topological polar surface area (TPSA) is 126 Å². The van der Waals surface area contributed by atoms with Gasteiger partial charge in [0.05, 0.1) is 17.9 Å². The van der Waals surface area contributed by atoms with Gasteiger partial charge < -0.3 is 15.2 Å². The average Bonchev–Trinajstić information content (AvgIpc) is 3.01. The molecule has 3 rings (SSSR count). The minimum Gasteiger partial charge on any atom is -0.354 e. The van der Waals surface area contributed by atoms with Crippen LogP contribution in [0.1, 0.15) is 6.42 Å². The van der Waals surface area contributed by atoms with E-state index in [2.05, 4.69) is 20.5 Å². The molecule has 2 heterocycles. The summed E-state index contributed by atoms with van der Waals surface area (Å²) in [7, 11) is 3.13. The van der Waals surface area contributed by atoms with Crippen LogP contribution in [0.4, 0.5) is 10.6 Å². The Labute approximate surface area is 167 Å². The lowest BCUT2D eigenvalue weighted by atomic mass is 10.2. The van der Waals surface area contributed by atoms with E-state index in [4.69, 9.17) is 5.73 Å². The number of carbonyl (C=O) groups excluding carboxylic acids is 2. The molecule has 2 aromatic heterocycles. The van der Waals surface area contributed by atoms with Crippen molar-refractivity contribution in [3.63, 3.8) is 0 Å². The van der Waals surface area contributed by atoms with E-state index in [1.807, 2.05) is 48.1 Å². The van der Waals surface area contributed by atoms with Crippen LogP contribution in [0.5, 0.6) is 0 Å². The highest BCUT2D eigenvalue weighted by Gasteiger charge is 2.15. The second-order valence-electron chi connectivity index (χ2n) is 6.71. The van der Waals surface area contributed by atoms with Gasteiger partial charge in [-0.3, -0.25) is 10.5 Å². The minimum absolute atomic E-state index is 0.133. The van der Waals surface area contributed by atoms with Gasteiger partial charge >= 0.3 is 6.03 Å². The van der Waals surface area contributed by atoms with Crippen molar-refractivity contribution < 1.29 is 14.2 Å². The highest BCUT2D eigenvalue weighted by molar-refractivity contribution is 6.08. The maximum absolute atomic E-state index is 12.2. The number of nitroso groups, excluding NO2 is 1.